The summed E-state index contributed by atoms with van der Waals surface area (Å²) in [6.45, 7) is 0.595. The lowest BCUT2D eigenvalue weighted by atomic mass is 10.3. The maximum Gasteiger partial charge on any atom is 0.227 e. The van der Waals surface area contributed by atoms with E-state index in [0.717, 1.165) is 27.9 Å². The Kier molecular flexibility index (Phi) is 3.64. The second-order valence-corrected chi connectivity index (χ2v) is 5.66. The number of anilines is 2. The molecule has 1 aliphatic heterocycles. The summed E-state index contributed by atoms with van der Waals surface area (Å²) in [6, 6.07) is 5.76. The molecule has 6 heteroatoms. The van der Waals surface area contributed by atoms with E-state index in [0.29, 0.717) is 13.0 Å². The average Bonchev–Trinajstić information content (AvgIpc) is 2.93. The van der Waals surface area contributed by atoms with Crippen LogP contribution in [0.1, 0.15) is 12.2 Å². The highest BCUT2D eigenvalue weighted by atomic mass is 32.2. The van der Waals surface area contributed by atoms with E-state index < -0.39 is 0 Å². The van der Waals surface area contributed by atoms with Gasteiger partial charge in [-0.15, -0.1) is 11.8 Å². The minimum absolute atomic E-state index is 0.134. The van der Waals surface area contributed by atoms with E-state index in [9.17, 15) is 4.79 Å². The van der Waals surface area contributed by atoms with Crippen molar-refractivity contribution in [2.24, 2.45) is 0 Å². The first-order valence-electron chi connectivity index (χ1n) is 6.40. The molecule has 0 aliphatic carbocycles. The van der Waals surface area contributed by atoms with Crippen molar-refractivity contribution in [2.75, 3.05) is 23.0 Å². The molecule has 0 fully saturated rings. The summed E-state index contributed by atoms with van der Waals surface area (Å²) in [6.07, 6.45) is 3.96. The van der Waals surface area contributed by atoms with Crippen LogP contribution in [0.2, 0.25) is 0 Å². The lowest BCUT2D eigenvalue weighted by Crippen LogP contribution is -2.25. The molecule has 2 aromatic rings. The van der Waals surface area contributed by atoms with Crippen LogP contribution >= 0.6 is 11.8 Å². The third kappa shape index (κ3) is 2.65. The smallest absolute Gasteiger partial charge is 0.227 e. The van der Waals surface area contributed by atoms with Crippen molar-refractivity contribution < 1.29 is 9.21 Å². The normalized spacial score (nSPS) is 14.8. The standard InChI is InChI=1S/C14H15N3O2S/c1-17-11-9-16-13(15-8-10-3-2-5-19-10)7-12(11)20-6-4-14(17)18/h2-3,5,7,9H,4,6,8H2,1H3,(H,15,16). The van der Waals surface area contributed by atoms with Gasteiger partial charge in [0.1, 0.15) is 11.6 Å². The van der Waals surface area contributed by atoms with E-state index in [4.69, 9.17) is 4.42 Å². The van der Waals surface area contributed by atoms with Crippen molar-refractivity contribution in [3.05, 3.63) is 36.4 Å². The number of nitrogens with zero attached hydrogens (tertiary/aromatic N) is 2. The van der Waals surface area contributed by atoms with Crippen LogP contribution in [-0.2, 0) is 11.3 Å². The number of aromatic nitrogens is 1. The fourth-order valence-corrected chi connectivity index (χ4v) is 3.06. The van der Waals surface area contributed by atoms with Gasteiger partial charge in [-0.2, -0.15) is 0 Å². The third-order valence-electron chi connectivity index (χ3n) is 3.18. The summed E-state index contributed by atoms with van der Waals surface area (Å²) >= 11 is 1.69. The molecule has 20 heavy (non-hydrogen) atoms. The van der Waals surface area contributed by atoms with E-state index in [1.165, 1.54) is 0 Å². The van der Waals surface area contributed by atoms with Gasteiger partial charge in [-0.05, 0) is 18.2 Å². The van der Waals surface area contributed by atoms with E-state index in [-0.39, 0.29) is 5.91 Å². The number of rotatable bonds is 3. The minimum atomic E-state index is 0.134. The van der Waals surface area contributed by atoms with E-state index in [1.54, 1.807) is 36.2 Å². The largest absolute Gasteiger partial charge is 0.467 e. The number of hydrogen-bond acceptors (Lipinski definition) is 5. The fraction of sp³-hybridized carbons (Fsp3) is 0.286. The van der Waals surface area contributed by atoms with Crippen molar-refractivity contribution in [3.63, 3.8) is 0 Å². The molecule has 0 saturated heterocycles. The van der Waals surface area contributed by atoms with Crippen molar-refractivity contribution in [2.45, 2.75) is 17.9 Å². The summed E-state index contributed by atoms with van der Waals surface area (Å²) in [5.41, 5.74) is 0.876. The number of hydrogen-bond donors (Lipinski definition) is 1. The second-order valence-electron chi connectivity index (χ2n) is 4.52. The molecule has 0 radical (unpaired) electrons. The first-order chi connectivity index (χ1) is 9.74. The van der Waals surface area contributed by atoms with Gasteiger partial charge in [-0.3, -0.25) is 4.79 Å². The van der Waals surface area contributed by atoms with Gasteiger partial charge in [0, 0.05) is 24.1 Å². The molecule has 2 aromatic heterocycles. The van der Waals surface area contributed by atoms with Gasteiger partial charge >= 0.3 is 0 Å². The van der Waals surface area contributed by atoms with Crippen LogP contribution in [0.5, 0.6) is 0 Å². The van der Waals surface area contributed by atoms with E-state index in [2.05, 4.69) is 10.3 Å². The van der Waals surface area contributed by atoms with Crippen molar-refractivity contribution in [3.8, 4) is 0 Å². The molecule has 0 unspecified atom stereocenters. The van der Waals surface area contributed by atoms with Crippen LogP contribution < -0.4 is 10.2 Å². The second kappa shape index (κ2) is 5.58. The Bertz CT molecular complexity index is 613. The fourth-order valence-electron chi connectivity index (χ4n) is 2.04. The number of pyridine rings is 1. The summed E-state index contributed by atoms with van der Waals surface area (Å²) in [7, 11) is 1.80. The molecule has 0 aromatic carbocycles. The van der Waals surface area contributed by atoms with Gasteiger partial charge in [0.2, 0.25) is 5.91 Å². The Balaban J connectivity index is 1.78. The number of nitrogens with one attached hydrogen (secondary N) is 1. The third-order valence-corrected chi connectivity index (χ3v) is 4.23. The topological polar surface area (TPSA) is 58.4 Å². The lowest BCUT2D eigenvalue weighted by Gasteiger charge is -2.17. The van der Waals surface area contributed by atoms with Crippen LogP contribution in [0.3, 0.4) is 0 Å². The van der Waals surface area contributed by atoms with Gasteiger partial charge in [-0.1, -0.05) is 0 Å². The first kappa shape index (κ1) is 13.1. The summed E-state index contributed by atoms with van der Waals surface area (Å²) in [4.78, 5) is 18.9. The maximum atomic E-state index is 11.8. The average molecular weight is 289 g/mol. The molecule has 0 bridgehead atoms. The summed E-state index contributed by atoms with van der Waals surface area (Å²) < 4.78 is 5.27. The Morgan fingerprint density at radius 1 is 1.55 bits per heavy atom. The molecule has 0 atom stereocenters. The van der Waals surface area contributed by atoms with Gasteiger partial charge in [0.15, 0.2) is 0 Å². The van der Waals surface area contributed by atoms with Gasteiger partial charge < -0.3 is 14.6 Å². The monoisotopic (exact) mass is 289 g/mol. The van der Waals surface area contributed by atoms with Crippen molar-refractivity contribution in [1.82, 2.24) is 4.98 Å². The molecule has 1 aliphatic rings. The molecule has 3 heterocycles. The van der Waals surface area contributed by atoms with Gasteiger partial charge in [0.05, 0.1) is 24.7 Å². The maximum absolute atomic E-state index is 11.8. The molecular weight excluding hydrogens is 274 g/mol. The zero-order chi connectivity index (χ0) is 13.9. The number of amides is 1. The number of thioether (sulfide) groups is 1. The highest BCUT2D eigenvalue weighted by Gasteiger charge is 2.19. The zero-order valence-electron chi connectivity index (χ0n) is 11.1. The number of carbonyl (C=O) groups is 1. The predicted octanol–water partition coefficient (Wildman–Crippen LogP) is 2.75. The Labute approximate surface area is 121 Å². The lowest BCUT2D eigenvalue weighted by molar-refractivity contribution is -0.117. The summed E-state index contributed by atoms with van der Waals surface area (Å²) in [5.74, 6) is 2.59. The first-order valence-corrected chi connectivity index (χ1v) is 7.38. The molecule has 0 spiro atoms. The quantitative estimate of drug-likeness (QED) is 0.941. The summed E-state index contributed by atoms with van der Waals surface area (Å²) in [5, 5.41) is 3.22. The number of fused-ring (bicyclic) bond motifs is 1. The van der Waals surface area contributed by atoms with Crippen molar-refractivity contribution in [1.29, 1.82) is 0 Å². The molecule has 5 nitrogen and oxygen atoms in total. The molecule has 104 valence electrons. The van der Waals surface area contributed by atoms with E-state index in [1.807, 2.05) is 18.2 Å². The van der Waals surface area contributed by atoms with Crippen LogP contribution in [0.25, 0.3) is 0 Å². The molecule has 1 amide bonds. The van der Waals surface area contributed by atoms with Crippen LogP contribution in [0, 0.1) is 0 Å². The predicted molar refractivity (Wildman–Crippen MR) is 79.0 cm³/mol. The van der Waals surface area contributed by atoms with Gasteiger partial charge in [0.25, 0.3) is 0 Å². The van der Waals surface area contributed by atoms with Crippen LogP contribution in [0.15, 0.2) is 40.0 Å². The number of furan rings is 1. The van der Waals surface area contributed by atoms with E-state index >= 15 is 0 Å². The van der Waals surface area contributed by atoms with Crippen molar-refractivity contribution >= 4 is 29.2 Å². The minimum Gasteiger partial charge on any atom is -0.467 e. The molecule has 0 saturated carbocycles. The highest BCUT2D eigenvalue weighted by molar-refractivity contribution is 7.99. The molecule has 1 N–H and O–H groups in total. The Hall–Kier alpha value is -1.95. The SMILES string of the molecule is CN1C(=O)CCSc2cc(NCc3ccco3)ncc21. The highest BCUT2D eigenvalue weighted by Crippen LogP contribution is 2.34. The number of carbonyl (C=O) groups excluding carboxylic acids is 1. The van der Waals surface area contributed by atoms with Crippen LogP contribution in [0.4, 0.5) is 11.5 Å². The Morgan fingerprint density at radius 2 is 2.45 bits per heavy atom. The molecular formula is C14H15N3O2S. The zero-order valence-corrected chi connectivity index (χ0v) is 11.9. The molecule has 3 rings (SSSR count). The Morgan fingerprint density at radius 3 is 3.25 bits per heavy atom. The van der Waals surface area contributed by atoms with Gasteiger partial charge in [-0.25, -0.2) is 4.98 Å². The van der Waals surface area contributed by atoms with Crippen LogP contribution in [-0.4, -0.2) is 23.7 Å².